The van der Waals surface area contributed by atoms with Crippen LogP contribution in [0.5, 0.6) is 0 Å². The number of hydrogen-bond donors (Lipinski definition) is 2. The van der Waals surface area contributed by atoms with Gasteiger partial charge in [-0.05, 0) is 0 Å². The third kappa shape index (κ3) is 1.46. The van der Waals surface area contributed by atoms with Crippen molar-refractivity contribution in [1.82, 2.24) is 0 Å². The van der Waals surface area contributed by atoms with Gasteiger partial charge in [-0.3, -0.25) is 0 Å². The monoisotopic (exact) mass is 114 g/mol. The van der Waals surface area contributed by atoms with E-state index in [0.29, 0.717) is 0 Å². The quantitative estimate of drug-likeness (QED) is 0.318. The SMILES string of the molecule is [CH2-][NH+]1CC[NH+]([CH2-])CC1. The molecule has 1 fully saturated rings. The fraction of sp³-hybridized carbons (Fsp3) is 0.667. The van der Waals surface area contributed by atoms with Crippen LogP contribution in [0.25, 0.3) is 0 Å². The molecule has 0 saturated carbocycles. The molecule has 0 amide bonds. The topological polar surface area (TPSA) is 8.88 Å². The predicted molar refractivity (Wildman–Crippen MR) is 32.1 cm³/mol. The average molecular weight is 114 g/mol. The van der Waals surface area contributed by atoms with Crippen molar-refractivity contribution in [2.75, 3.05) is 26.2 Å². The standard InChI is InChI=1S/C6H14N2/c1-7-3-5-8(2)6-4-7/h7-8H,1-6H2. The third-order valence-electron chi connectivity index (χ3n) is 1.66. The van der Waals surface area contributed by atoms with Crippen molar-refractivity contribution in [1.29, 1.82) is 0 Å². The Labute approximate surface area is 51.1 Å². The Bertz CT molecular complexity index is 54.9. The lowest BCUT2D eigenvalue weighted by molar-refractivity contribution is -0.971. The molecule has 0 spiro atoms. The van der Waals surface area contributed by atoms with E-state index in [2.05, 4.69) is 14.1 Å². The lowest BCUT2D eigenvalue weighted by atomic mass is 10.4. The van der Waals surface area contributed by atoms with Crippen LogP contribution in [0.3, 0.4) is 0 Å². The third-order valence-corrected chi connectivity index (χ3v) is 1.66. The largest absolute Gasteiger partial charge is 0.459 e. The number of nitrogens with one attached hydrogen (secondary N) is 2. The molecule has 2 nitrogen and oxygen atoms in total. The van der Waals surface area contributed by atoms with Gasteiger partial charge in [-0.25, -0.2) is 0 Å². The Balaban J connectivity index is 2.19. The second kappa shape index (κ2) is 2.46. The molecule has 48 valence electrons. The summed E-state index contributed by atoms with van der Waals surface area (Å²) in [5, 5.41) is 0. The minimum Gasteiger partial charge on any atom is -0.459 e. The number of hydrogen-bond acceptors (Lipinski definition) is 0. The molecular weight excluding hydrogens is 100 g/mol. The normalized spacial score (nSPS) is 39.8. The van der Waals surface area contributed by atoms with Gasteiger partial charge in [0, 0.05) is 0 Å². The maximum atomic E-state index is 3.91. The van der Waals surface area contributed by atoms with E-state index in [4.69, 9.17) is 0 Å². The molecule has 1 rings (SSSR count). The Morgan fingerprint density at radius 1 is 0.750 bits per heavy atom. The highest BCUT2D eigenvalue weighted by atomic mass is 15.2. The van der Waals surface area contributed by atoms with Gasteiger partial charge in [-0.2, -0.15) is 14.1 Å². The van der Waals surface area contributed by atoms with Crippen molar-refractivity contribution in [2.24, 2.45) is 0 Å². The Morgan fingerprint density at radius 2 is 1.00 bits per heavy atom. The van der Waals surface area contributed by atoms with E-state index in [1.54, 1.807) is 0 Å². The fourth-order valence-electron chi connectivity index (χ4n) is 0.957. The van der Waals surface area contributed by atoms with Crippen molar-refractivity contribution in [3.8, 4) is 0 Å². The highest BCUT2D eigenvalue weighted by molar-refractivity contribution is 4.34. The van der Waals surface area contributed by atoms with Crippen LogP contribution in [0.2, 0.25) is 0 Å². The molecule has 2 heteroatoms. The van der Waals surface area contributed by atoms with Gasteiger partial charge in [0.25, 0.3) is 0 Å². The van der Waals surface area contributed by atoms with Gasteiger partial charge in [-0.1, -0.05) is 0 Å². The molecule has 1 aliphatic rings. The highest BCUT2D eigenvalue weighted by Crippen LogP contribution is 1.52. The minimum absolute atomic E-state index is 1.18. The molecule has 0 atom stereocenters. The molecule has 2 N–H and O–H groups in total. The lowest BCUT2D eigenvalue weighted by Crippen LogP contribution is -3.23. The van der Waals surface area contributed by atoms with Gasteiger partial charge in [0.1, 0.15) is 26.2 Å². The van der Waals surface area contributed by atoms with Crippen LogP contribution in [0.4, 0.5) is 0 Å². The van der Waals surface area contributed by atoms with Crippen molar-refractivity contribution >= 4 is 0 Å². The van der Waals surface area contributed by atoms with Gasteiger partial charge in [0.05, 0.1) is 0 Å². The second-order valence-electron chi connectivity index (χ2n) is 2.50. The Kier molecular flexibility index (Phi) is 1.86. The first-order valence-corrected chi connectivity index (χ1v) is 3.12. The Morgan fingerprint density at radius 3 is 1.25 bits per heavy atom. The van der Waals surface area contributed by atoms with E-state index >= 15 is 0 Å². The molecule has 1 aliphatic heterocycles. The number of rotatable bonds is 0. The number of quaternary nitrogens is 2. The summed E-state index contributed by atoms with van der Waals surface area (Å²) in [5.74, 6) is 0. The molecule has 0 aromatic carbocycles. The van der Waals surface area contributed by atoms with Crippen LogP contribution in [0, 0.1) is 14.1 Å². The summed E-state index contributed by atoms with van der Waals surface area (Å²) >= 11 is 0. The average Bonchev–Trinajstić information content (AvgIpc) is 1.77. The zero-order valence-corrected chi connectivity index (χ0v) is 5.24. The lowest BCUT2D eigenvalue weighted by Gasteiger charge is -2.32. The first-order valence-electron chi connectivity index (χ1n) is 3.12. The van der Waals surface area contributed by atoms with Gasteiger partial charge in [0.2, 0.25) is 0 Å². The van der Waals surface area contributed by atoms with Gasteiger partial charge >= 0.3 is 0 Å². The van der Waals surface area contributed by atoms with Crippen LogP contribution >= 0.6 is 0 Å². The van der Waals surface area contributed by atoms with E-state index < -0.39 is 0 Å². The summed E-state index contributed by atoms with van der Waals surface area (Å²) in [5.41, 5.74) is 0. The first-order chi connectivity index (χ1) is 3.79. The van der Waals surface area contributed by atoms with Gasteiger partial charge in [-0.15, -0.1) is 0 Å². The van der Waals surface area contributed by atoms with Gasteiger partial charge < -0.3 is 9.80 Å². The summed E-state index contributed by atoms with van der Waals surface area (Å²) in [6, 6.07) is 0. The zero-order valence-electron chi connectivity index (χ0n) is 5.24. The summed E-state index contributed by atoms with van der Waals surface area (Å²) in [4.78, 5) is 2.80. The number of piperazine rings is 1. The zero-order chi connectivity index (χ0) is 5.98. The Hall–Kier alpha value is -0.0800. The van der Waals surface area contributed by atoms with Crippen molar-refractivity contribution in [3.63, 3.8) is 0 Å². The molecule has 0 aromatic heterocycles. The van der Waals surface area contributed by atoms with E-state index in [9.17, 15) is 0 Å². The van der Waals surface area contributed by atoms with Crippen molar-refractivity contribution in [3.05, 3.63) is 14.1 Å². The van der Waals surface area contributed by atoms with Crippen LogP contribution in [-0.4, -0.2) is 26.2 Å². The van der Waals surface area contributed by atoms with Crippen LogP contribution < -0.4 is 9.80 Å². The molecule has 8 heavy (non-hydrogen) atoms. The summed E-state index contributed by atoms with van der Waals surface area (Å²) < 4.78 is 0. The molecule has 0 unspecified atom stereocenters. The van der Waals surface area contributed by atoms with E-state index in [-0.39, 0.29) is 0 Å². The molecule has 0 aliphatic carbocycles. The van der Waals surface area contributed by atoms with Crippen molar-refractivity contribution < 1.29 is 9.80 Å². The highest BCUT2D eigenvalue weighted by Gasteiger charge is 2.07. The molecular formula is C6H14N2. The molecule has 1 heterocycles. The molecule has 0 radical (unpaired) electrons. The van der Waals surface area contributed by atoms with E-state index in [1.807, 2.05) is 0 Å². The smallest absolute Gasteiger partial charge is 0.101 e. The first kappa shape index (κ1) is 6.05. The summed E-state index contributed by atoms with van der Waals surface area (Å²) in [6.07, 6.45) is 0. The van der Waals surface area contributed by atoms with Crippen LogP contribution in [-0.2, 0) is 0 Å². The van der Waals surface area contributed by atoms with Crippen molar-refractivity contribution in [2.45, 2.75) is 0 Å². The maximum absolute atomic E-state index is 3.91. The van der Waals surface area contributed by atoms with Crippen LogP contribution in [0.1, 0.15) is 0 Å². The van der Waals surface area contributed by atoms with Crippen LogP contribution in [0.15, 0.2) is 0 Å². The predicted octanol–water partition coefficient (Wildman–Crippen LogP) is -2.65. The maximum Gasteiger partial charge on any atom is 0.101 e. The molecule has 1 saturated heterocycles. The van der Waals surface area contributed by atoms with Gasteiger partial charge in [0.15, 0.2) is 0 Å². The second-order valence-corrected chi connectivity index (χ2v) is 2.50. The van der Waals surface area contributed by atoms with E-state index in [0.717, 1.165) is 0 Å². The minimum atomic E-state index is 1.18. The summed E-state index contributed by atoms with van der Waals surface area (Å²) in [6.45, 7) is 4.72. The molecule has 0 bridgehead atoms. The fourth-order valence-corrected chi connectivity index (χ4v) is 0.957. The molecule has 0 aromatic rings. The summed E-state index contributed by atoms with van der Waals surface area (Å²) in [7, 11) is 7.82. The van der Waals surface area contributed by atoms with E-state index in [1.165, 1.54) is 36.0 Å².